The first-order valence-electron chi connectivity index (χ1n) is 4.56. The van der Waals surface area contributed by atoms with Crippen LogP contribution in [-0.4, -0.2) is 22.7 Å². The van der Waals surface area contributed by atoms with Gasteiger partial charge in [0.05, 0.1) is 11.6 Å². The van der Waals surface area contributed by atoms with Gasteiger partial charge < -0.3 is 5.32 Å². The van der Waals surface area contributed by atoms with Gasteiger partial charge in [0.1, 0.15) is 0 Å². The van der Waals surface area contributed by atoms with E-state index in [1.54, 1.807) is 13.2 Å². The number of amides is 1. The van der Waals surface area contributed by atoms with Crippen LogP contribution in [0.5, 0.6) is 0 Å². The lowest BCUT2D eigenvalue weighted by atomic mass is 9.95. The number of carbonyl (C=O) groups is 1. The summed E-state index contributed by atoms with van der Waals surface area (Å²) >= 11 is 0. The molecule has 1 aliphatic heterocycles. The second-order valence-corrected chi connectivity index (χ2v) is 3.29. The third kappa shape index (κ3) is 1.32. The zero-order valence-corrected chi connectivity index (χ0v) is 7.66. The van der Waals surface area contributed by atoms with Gasteiger partial charge in [-0.25, -0.2) is 0 Å². The van der Waals surface area contributed by atoms with Crippen LogP contribution in [0, 0.1) is 0 Å². The SMILES string of the molecule is CNC(=O)C1CCCn2nccc21. The first-order valence-corrected chi connectivity index (χ1v) is 4.56. The van der Waals surface area contributed by atoms with Crippen molar-refractivity contribution in [1.82, 2.24) is 15.1 Å². The smallest absolute Gasteiger partial charge is 0.228 e. The van der Waals surface area contributed by atoms with Crippen molar-refractivity contribution in [3.05, 3.63) is 18.0 Å². The van der Waals surface area contributed by atoms with Crippen molar-refractivity contribution in [2.24, 2.45) is 0 Å². The molecule has 0 spiro atoms. The summed E-state index contributed by atoms with van der Waals surface area (Å²) in [6, 6.07) is 1.93. The van der Waals surface area contributed by atoms with Gasteiger partial charge in [-0.05, 0) is 18.9 Å². The van der Waals surface area contributed by atoms with Crippen LogP contribution in [0.4, 0.5) is 0 Å². The highest BCUT2D eigenvalue weighted by Crippen LogP contribution is 2.26. The number of rotatable bonds is 1. The van der Waals surface area contributed by atoms with Gasteiger partial charge in [-0.2, -0.15) is 5.10 Å². The van der Waals surface area contributed by atoms with Crippen LogP contribution >= 0.6 is 0 Å². The molecule has 0 bridgehead atoms. The highest BCUT2D eigenvalue weighted by atomic mass is 16.1. The van der Waals surface area contributed by atoms with Gasteiger partial charge >= 0.3 is 0 Å². The molecule has 0 saturated carbocycles. The number of hydrogen-bond acceptors (Lipinski definition) is 2. The van der Waals surface area contributed by atoms with Gasteiger partial charge in [-0.3, -0.25) is 9.48 Å². The monoisotopic (exact) mass is 179 g/mol. The maximum absolute atomic E-state index is 11.5. The Balaban J connectivity index is 2.30. The van der Waals surface area contributed by atoms with E-state index in [-0.39, 0.29) is 11.8 Å². The van der Waals surface area contributed by atoms with Gasteiger partial charge in [0.15, 0.2) is 0 Å². The number of hydrogen-bond donors (Lipinski definition) is 1. The minimum atomic E-state index is 0.00116. The standard InChI is InChI=1S/C9H13N3O/c1-10-9(13)7-3-2-6-12-8(7)4-5-11-12/h4-5,7H,2-3,6H2,1H3,(H,10,13). The lowest BCUT2D eigenvalue weighted by Crippen LogP contribution is -2.30. The predicted molar refractivity (Wildman–Crippen MR) is 48.3 cm³/mol. The molecule has 1 aromatic heterocycles. The van der Waals surface area contributed by atoms with Crippen LogP contribution in [0.1, 0.15) is 24.5 Å². The van der Waals surface area contributed by atoms with Gasteiger partial charge in [0.2, 0.25) is 5.91 Å². The van der Waals surface area contributed by atoms with Crippen molar-refractivity contribution < 1.29 is 4.79 Å². The van der Waals surface area contributed by atoms with Crippen LogP contribution in [-0.2, 0) is 11.3 Å². The Kier molecular flexibility index (Phi) is 2.04. The molecule has 1 unspecified atom stereocenters. The molecule has 1 aromatic rings. The lowest BCUT2D eigenvalue weighted by Gasteiger charge is -2.21. The van der Waals surface area contributed by atoms with Gasteiger partial charge in [-0.1, -0.05) is 0 Å². The lowest BCUT2D eigenvalue weighted by molar-refractivity contribution is -0.122. The van der Waals surface area contributed by atoms with Gasteiger partial charge in [0, 0.05) is 19.8 Å². The van der Waals surface area contributed by atoms with E-state index in [1.807, 2.05) is 10.7 Å². The molecule has 0 fully saturated rings. The van der Waals surface area contributed by atoms with Crippen molar-refractivity contribution >= 4 is 5.91 Å². The Morgan fingerprint density at radius 2 is 2.62 bits per heavy atom. The van der Waals surface area contributed by atoms with E-state index in [1.165, 1.54) is 0 Å². The molecule has 0 aliphatic carbocycles. The van der Waals surface area contributed by atoms with E-state index in [2.05, 4.69) is 10.4 Å². The van der Waals surface area contributed by atoms with Crippen molar-refractivity contribution in [2.75, 3.05) is 7.05 Å². The molecule has 2 heterocycles. The van der Waals surface area contributed by atoms with E-state index in [0.717, 1.165) is 25.1 Å². The summed E-state index contributed by atoms with van der Waals surface area (Å²) in [5.74, 6) is 0.0997. The van der Waals surface area contributed by atoms with E-state index >= 15 is 0 Å². The molecular formula is C9H13N3O. The van der Waals surface area contributed by atoms with E-state index in [0.29, 0.717) is 0 Å². The Morgan fingerprint density at radius 1 is 1.77 bits per heavy atom. The molecule has 13 heavy (non-hydrogen) atoms. The Labute approximate surface area is 76.9 Å². The van der Waals surface area contributed by atoms with Gasteiger partial charge in [-0.15, -0.1) is 0 Å². The second kappa shape index (κ2) is 3.20. The third-order valence-electron chi connectivity index (χ3n) is 2.53. The molecule has 0 radical (unpaired) electrons. The van der Waals surface area contributed by atoms with Crippen LogP contribution in [0.2, 0.25) is 0 Å². The van der Waals surface area contributed by atoms with E-state index in [4.69, 9.17) is 0 Å². The molecule has 1 aliphatic rings. The Hall–Kier alpha value is -1.32. The van der Waals surface area contributed by atoms with Crippen LogP contribution in [0.3, 0.4) is 0 Å². The minimum absolute atomic E-state index is 0.00116. The minimum Gasteiger partial charge on any atom is -0.359 e. The summed E-state index contributed by atoms with van der Waals surface area (Å²) in [6.45, 7) is 0.940. The molecule has 4 nitrogen and oxygen atoms in total. The topological polar surface area (TPSA) is 46.9 Å². The molecule has 0 aromatic carbocycles. The molecule has 70 valence electrons. The van der Waals surface area contributed by atoms with Crippen molar-refractivity contribution in [3.63, 3.8) is 0 Å². The normalized spacial score (nSPS) is 20.8. The maximum Gasteiger partial charge on any atom is 0.228 e. The Morgan fingerprint density at radius 3 is 3.38 bits per heavy atom. The maximum atomic E-state index is 11.5. The fraction of sp³-hybridized carbons (Fsp3) is 0.556. The van der Waals surface area contributed by atoms with Crippen LogP contribution < -0.4 is 5.32 Å². The largest absolute Gasteiger partial charge is 0.359 e. The van der Waals surface area contributed by atoms with Crippen LogP contribution in [0.15, 0.2) is 12.3 Å². The number of nitrogens with one attached hydrogen (secondary N) is 1. The first-order chi connectivity index (χ1) is 6.33. The number of nitrogens with zero attached hydrogens (tertiary/aromatic N) is 2. The molecule has 0 saturated heterocycles. The fourth-order valence-corrected chi connectivity index (χ4v) is 1.86. The number of aromatic nitrogens is 2. The predicted octanol–water partition coefficient (Wildman–Crippen LogP) is 0.506. The summed E-state index contributed by atoms with van der Waals surface area (Å²) in [7, 11) is 1.68. The molecule has 1 amide bonds. The second-order valence-electron chi connectivity index (χ2n) is 3.29. The third-order valence-corrected chi connectivity index (χ3v) is 2.53. The van der Waals surface area contributed by atoms with Crippen molar-refractivity contribution in [1.29, 1.82) is 0 Å². The molecule has 1 atom stereocenters. The first kappa shape index (κ1) is 8.29. The molecular weight excluding hydrogens is 166 g/mol. The highest BCUT2D eigenvalue weighted by molar-refractivity contribution is 5.82. The highest BCUT2D eigenvalue weighted by Gasteiger charge is 2.25. The summed E-state index contributed by atoms with van der Waals surface area (Å²) in [6.07, 6.45) is 3.73. The molecule has 2 rings (SSSR count). The average Bonchev–Trinajstić information content (AvgIpc) is 2.63. The van der Waals surface area contributed by atoms with E-state index in [9.17, 15) is 4.79 Å². The number of carbonyl (C=O) groups excluding carboxylic acids is 1. The zero-order valence-electron chi connectivity index (χ0n) is 7.66. The van der Waals surface area contributed by atoms with Crippen molar-refractivity contribution in [3.8, 4) is 0 Å². The summed E-state index contributed by atoms with van der Waals surface area (Å²) in [5, 5.41) is 6.85. The molecule has 1 N–H and O–H groups in total. The number of likely N-dealkylation sites (N-methyl/N-ethyl adjacent to an activating group) is 1. The van der Waals surface area contributed by atoms with Crippen LogP contribution in [0.25, 0.3) is 0 Å². The van der Waals surface area contributed by atoms with Gasteiger partial charge in [0.25, 0.3) is 0 Å². The summed E-state index contributed by atoms with van der Waals surface area (Å²) in [5.41, 5.74) is 1.05. The summed E-state index contributed by atoms with van der Waals surface area (Å²) in [4.78, 5) is 11.5. The zero-order chi connectivity index (χ0) is 9.26. The average molecular weight is 179 g/mol. The fourth-order valence-electron chi connectivity index (χ4n) is 1.86. The number of aryl methyl sites for hydroxylation is 1. The van der Waals surface area contributed by atoms with Crippen molar-refractivity contribution in [2.45, 2.75) is 25.3 Å². The Bertz CT molecular complexity index is 318. The summed E-state index contributed by atoms with van der Waals surface area (Å²) < 4.78 is 1.92. The molecule has 4 heteroatoms. The van der Waals surface area contributed by atoms with E-state index < -0.39 is 0 Å². The number of fused-ring (bicyclic) bond motifs is 1. The quantitative estimate of drug-likeness (QED) is 0.682.